The lowest BCUT2D eigenvalue weighted by atomic mass is 10.0. The number of esters is 1. The predicted molar refractivity (Wildman–Crippen MR) is 182 cm³/mol. The van der Waals surface area contributed by atoms with Gasteiger partial charge in [0.25, 0.3) is 5.91 Å². The number of rotatable bonds is 8. The van der Waals surface area contributed by atoms with E-state index in [1.165, 1.54) is 37.1 Å². The van der Waals surface area contributed by atoms with Crippen LogP contribution in [0.2, 0.25) is 0 Å². The molecule has 1 aromatic heterocycles. The van der Waals surface area contributed by atoms with Gasteiger partial charge in [0.2, 0.25) is 11.8 Å². The highest BCUT2D eigenvalue weighted by molar-refractivity contribution is 8.00. The summed E-state index contributed by atoms with van der Waals surface area (Å²) >= 11 is 2.64. The molecule has 0 saturated heterocycles. The fourth-order valence-electron chi connectivity index (χ4n) is 5.47. The fraction of sp³-hybridized carbons (Fsp3) is 0.167. The zero-order valence-electron chi connectivity index (χ0n) is 25.2. The third-order valence-electron chi connectivity index (χ3n) is 7.83. The van der Waals surface area contributed by atoms with Crippen molar-refractivity contribution in [2.75, 3.05) is 24.3 Å². The molecule has 46 heavy (non-hydrogen) atoms. The Labute approximate surface area is 274 Å². The maximum atomic E-state index is 14.0. The number of thioether (sulfide) groups is 1. The first-order valence-corrected chi connectivity index (χ1v) is 16.4. The van der Waals surface area contributed by atoms with Gasteiger partial charge in [0.1, 0.15) is 10.3 Å². The second kappa shape index (κ2) is 13.6. The molecule has 5 aromatic rings. The topological polar surface area (TPSA) is 105 Å². The van der Waals surface area contributed by atoms with Crippen molar-refractivity contribution in [3.8, 4) is 0 Å². The molecule has 232 valence electrons. The van der Waals surface area contributed by atoms with Gasteiger partial charge >= 0.3 is 5.97 Å². The Morgan fingerprint density at radius 1 is 0.870 bits per heavy atom. The van der Waals surface area contributed by atoms with Crippen LogP contribution in [0.15, 0.2) is 102 Å². The van der Waals surface area contributed by atoms with Gasteiger partial charge < -0.3 is 20.3 Å². The van der Waals surface area contributed by atoms with Gasteiger partial charge in [-0.2, -0.15) is 0 Å². The Balaban J connectivity index is 1.25. The molecule has 1 aliphatic rings. The predicted octanol–water partition coefficient (Wildman–Crippen LogP) is 7.32. The van der Waals surface area contributed by atoms with E-state index in [-0.39, 0.29) is 17.7 Å². The second-order valence-electron chi connectivity index (χ2n) is 10.8. The number of benzene rings is 4. The minimum atomic E-state index is -0.675. The SMILES string of the molecule is COC(=O)c1c(NC(=O)C(Sc2cccc(NC(=O)c3ccc4ccccc4c3)c2)c2ccccc2)sc2c1CCN(C(C)=O)C2. The Morgan fingerprint density at radius 3 is 2.39 bits per heavy atom. The van der Waals surface area contributed by atoms with Crippen molar-refractivity contribution in [3.63, 3.8) is 0 Å². The number of hydrogen-bond acceptors (Lipinski definition) is 7. The van der Waals surface area contributed by atoms with Crippen LogP contribution in [-0.4, -0.2) is 42.2 Å². The number of thiophene rings is 1. The highest BCUT2D eigenvalue weighted by atomic mass is 32.2. The number of amides is 3. The van der Waals surface area contributed by atoms with E-state index < -0.39 is 11.2 Å². The van der Waals surface area contributed by atoms with Crippen molar-refractivity contribution in [2.45, 2.75) is 30.0 Å². The van der Waals surface area contributed by atoms with E-state index in [1.54, 1.807) is 11.0 Å². The van der Waals surface area contributed by atoms with E-state index in [9.17, 15) is 19.2 Å². The van der Waals surface area contributed by atoms with E-state index in [0.29, 0.717) is 41.3 Å². The smallest absolute Gasteiger partial charge is 0.341 e. The summed E-state index contributed by atoms with van der Waals surface area (Å²) in [6, 6.07) is 30.2. The van der Waals surface area contributed by atoms with Crippen molar-refractivity contribution in [3.05, 3.63) is 124 Å². The first-order valence-electron chi connectivity index (χ1n) is 14.7. The Hall–Kier alpha value is -4.93. The van der Waals surface area contributed by atoms with Crippen LogP contribution in [0, 0.1) is 0 Å². The summed E-state index contributed by atoms with van der Waals surface area (Å²) in [5, 5.41) is 7.76. The van der Waals surface area contributed by atoms with Gasteiger partial charge in [0.05, 0.1) is 19.2 Å². The first kappa shape index (κ1) is 31.1. The third kappa shape index (κ3) is 6.68. The number of ether oxygens (including phenoxy) is 1. The lowest BCUT2D eigenvalue weighted by molar-refractivity contribution is -0.129. The van der Waals surface area contributed by atoms with Crippen LogP contribution in [0.3, 0.4) is 0 Å². The van der Waals surface area contributed by atoms with E-state index in [4.69, 9.17) is 4.74 Å². The first-order chi connectivity index (χ1) is 22.3. The van der Waals surface area contributed by atoms with E-state index >= 15 is 0 Å². The molecular formula is C36H31N3O5S2. The molecule has 4 aromatic carbocycles. The van der Waals surface area contributed by atoms with Gasteiger partial charge in [0.15, 0.2) is 0 Å². The van der Waals surface area contributed by atoms with Crippen molar-refractivity contribution >= 4 is 68.3 Å². The van der Waals surface area contributed by atoms with Gasteiger partial charge in [-0.05, 0) is 58.7 Å². The number of anilines is 2. The molecule has 1 atom stereocenters. The molecule has 10 heteroatoms. The minimum Gasteiger partial charge on any atom is -0.465 e. The average molecular weight is 650 g/mol. The molecular weight excluding hydrogens is 619 g/mol. The summed E-state index contributed by atoms with van der Waals surface area (Å²) in [5.41, 5.74) is 3.08. The number of methoxy groups -OCH3 is 1. The highest BCUT2D eigenvalue weighted by Crippen LogP contribution is 2.41. The summed E-state index contributed by atoms with van der Waals surface area (Å²) in [5.74, 6) is -1.11. The molecule has 0 bridgehead atoms. The van der Waals surface area contributed by atoms with E-state index in [2.05, 4.69) is 10.6 Å². The van der Waals surface area contributed by atoms with E-state index in [1.807, 2.05) is 91.0 Å². The maximum absolute atomic E-state index is 14.0. The number of fused-ring (bicyclic) bond motifs is 2. The number of carbonyl (C=O) groups is 4. The van der Waals surface area contributed by atoms with Gasteiger partial charge in [-0.15, -0.1) is 23.1 Å². The quantitative estimate of drug-likeness (QED) is 0.135. The van der Waals surface area contributed by atoms with Crippen molar-refractivity contribution < 1.29 is 23.9 Å². The summed E-state index contributed by atoms with van der Waals surface area (Å²) in [4.78, 5) is 55.4. The molecule has 3 amide bonds. The monoisotopic (exact) mass is 649 g/mol. The summed E-state index contributed by atoms with van der Waals surface area (Å²) < 4.78 is 5.09. The van der Waals surface area contributed by atoms with Crippen molar-refractivity contribution in [2.24, 2.45) is 0 Å². The van der Waals surface area contributed by atoms with Crippen molar-refractivity contribution in [1.82, 2.24) is 4.90 Å². The lowest BCUT2D eigenvalue weighted by Crippen LogP contribution is -2.33. The fourth-order valence-corrected chi connectivity index (χ4v) is 7.81. The molecule has 1 unspecified atom stereocenters. The van der Waals surface area contributed by atoms with Gasteiger partial charge in [-0.25, -0.2) is 4.79 Å². The molecule has 0 fully saturated rings. The Bertz CT molecular complexity index is 1960. The Morgan fingerprint density at radius 2 is 1.63 bits per heavy atom. The van der Waals surface area contributed by atoms with E-state index in [0.717, 1.165) is 31.7 Å². The second-order valence-corrected chi connectivity index (χ2v) is 13.1. The van der Waals surface area contributed by atoms with Crippen LogP contribution in [0.4, 0.5) is 10.7 Å². The lowest BCUT2D eigenvalue weighted by Gasteiger charge is -2.25. The molecule has 2 heterocycles. The van der Waals surface area contributed by atoms with Crippen molar-refractivity contribution in [1.29, 1.82) is 0 Å². The zero-order valence-corrected chi connectivity index (χ0v) is 26.9. The van der Waals surface area contributed by atoms with Crippen LogP contribution in [0.5, 0.6) is 0 Å². The van der Waals surface area contributed by atoms with Crippen LogP contribution < -0.4 is 10.6 Å². The molecule has 0 aliphatic carbocycles. The molecule has 0 radical (unpaired) electrons. The van der Waals surface area contributed by atoms with Gasteiger partial charge in [-0.3, -0.25) is 14.4 Å². The number of nitrogens with one attached hydrogen (secondary N) is 2. The van der Waals surface area contributed by atoms with Crippen LogP contribution in [-0.2, 0) is 27.3 Å². The zero-order chi connectivity index (χ0) is 32.2. The molecule has 6 rings (SSSR count). The van der Waals surface area contributed by atoms with Crippen LogP contribution >= 0.6 is 23.1 Å². The summed E-state index contributed by atoms with van der Waals surface area (Å²) in [6.45, 7) is 2.39. The standard InChI is InChI=1S/C36H31N3O5S2/c1-22(40)39-18-17-29-30(21-39)46-35(31(29)36(43)44-2)38-34(42)32(24-10-4-3-5-11-24)45-28-14-8-13-27(20-28)37-33(41)26-16-15-23-9-6-7-12-25(23)19-26/h3-16,19-20,32H,17-18,21H2,1-2H3,(H,37,41)(H,38,42). The molecule has 0 saturated carbocycles. The normalized spacial score (nSPS) is 13.0. The largest absolute Gasteiger partial charge is 0.465 e. The average Bonchev–Trinajstić information content (AvgIpc) is 3.44. The maximum Gasteiger partial charge on any atom is 0.341 e. The third-order valence-corrected chi connectivity index (χ3v) is 10.2. The Kier molecular flexibility index (Phi) is 9.18. The van der Waals surface area contributed by atoms with Crippen LogP contribution in [0.1, 0.15) is 48.9 Å². The molecule has 1 aliphatic heterocycles. The summed E-state index contributed by atoms with van der Waals surface area (Å²) in [7, 11) is 1.32. The van der Waals surface area contributed by atoms with Gasteiger partial charge in [-0.1, -0.05) is 66.7 Å². The summed E-state index contributed by atoms with van der Waals surface area (Å²) in [6.07, 6.45) is 0.500. The van der Waals surface area contributed by atoms with Gasteiger partial charge in [0, 0.05) is 34.5 Å². The number of nitrogens with zero attached hydrogens (tertiary/aromatic N) is 1. The molecule has 2 N–H and O–H groups in total. The number of hydrogen-bond donors (Lipinski definition) is 2. The van der Waals surface area contributed by atoms with Crippen LogP contribution in [0.25, 0.3) is 10.8 Å². The highest BCUT2D eigenvalue weighted by Gasteiger charge is 2.32. The molecule has 0 spiro atoms. The molecule has 8 nitrogen and oxygen atoms in total. The minimum absolute atomic E-state index is 0.0412. The number of carbonyl (C=O) groups excluding carboxylic acids is 4.